The van der Waals surface area contributed by atoms with Crippen molar-refractivity contribution in [3.8, 4) is 0 Å². The largest absolute Gasteiger partial charge is 0.459 e. The molecule has 7 nitrogen and oxygen atoms in total. The fraction of sp³-hybridized carbons (Fsp3) is 0.600. The molecular weight excluding hydrogens is 320 g/mol. The van der Waals surface area contributed by atoms with Gasteiger partial charge < -0.3 is 9.47 Å². The Labute approximate surface area is 137 Å². The molecule has 0 bridgehead atoms. The molecule has 0 aromatic carbocycles. The zero-order valence-electron chi connectivity index (χ0n) is 13.9. The van der Waals surface area contributed by atoms with Crippen molar-refractivity contribution in [3.05, 3.63) is 30.1 Å². The van der Waals surface area contributed by atoms with Gasteiger partial charge in [-0.25, -0.2) is 13.2 Å². The highest BCUT2D eigenvalue weighted by atomic mass is 32.2. The van der Waals surface area contributed by atoms with E-state index in [1.807, 2.05) is 13.8 Å². The first-order valence-electron chi connectivity index (χ1n) is 7.41. The van der Waals surface area contributed by atoms with Gasteiger partial charge in [-0.3, -0.25) is 4.98 Å². The van der Waals surface area contributed by atoms with E-state index >= 15 is 0 Å². The SMILES string of the molecule is CCN(C[C@@H](COC(=O)c1cccnc1)OC(C)C)S(C)(=O)=O. The summed E-state index contributed by atoms with van der Waals surface area (Å²) in [5.74, 6) is -0.516. The topological polar surface area (TPSA) is 85.8 Å². The van der Waals surface area contributed by atoms with Gasteiger partial charge in [-0.05, 0) is 26.0 Å². The lowest BCUT2D eigenvalue weighted by molar-refractivity contribution is -0.0398. The van der Waals surface area contributed by atoms with Gasteiger partial charge in [-0.1, -0.05) is 6.92 Å². The summed E-state index contributed by atoms with van der Waals surface area (Å²) in [6, 6.07) is 3.24. The van der Waals surface area contributed by atoms with Gasteiger partial charge in [0.2, 0.25) is 10.0 Å². The van der Waals surface area contributed by atoms with E-state index in [-0.39, 0.29) is 19.3 Å². The second-order valence-electron chi connectivity index (χ2n) is 5.36. The average molecular weight is 344 g/mol. The summed E-state index contributed by atoms with van der Waals surface area (Å²) in [6.07, 6.45) is 3.47. The number of esters is 1. The molecule has 1 atom stereocenters. The second-order valence-corrected chi connectivity index (χ2v) is 7.34. The first-order valence-corrected chi connectivity index (χ1v) is 9.26. The number of nitrogens with zero attached hydrogens (tertiary/aromatic N) is 2. The summed E-state index contributed by atoms with van der Waals surface area (Å²) in [7, 11) is -3.33. The zero-order valence-corrected chi connectivity index (χ0v) is 14.7. The van der Waals surface area contributed by atoms with Crippen LogP contribution in [0, 0.1) is 0 Å². The molecular formula is C15H24N2O5S. The average Bonchev–Trinajstić information content (AvgIpc) is 2.48. The van der Waals surface area contributed by atoms with Crippen LogP contribution in [0.15, 0.2) is 24.5 Å². The first kappa shape index (κ1) is 19.5. The first-order chi connectivity index (χ1) is 10.7. The highest BCUT2D eigenvalue weighted by Crippen LogP contribution is 2.08. The molecule has 1 heterocycles. The van der Waals surface area contributed by atoms with Gasteiger partial charge in [0.05, 0.1) is 17.9 Å². The van der Waals surface area contributed by atoms with Crippen LogP contribution in [-0.2, 0) is 19.5 Å². The number of carbonyl (C=O) groups excluding carboxylic acids is 1. The fourth-order valence-corrected chi connectivity index (χ4v) is 2.89. The molecule has 0 saturated carbocycles. The molecule has 0 amide bonds. The Morgan fingerprint density at radius 1 is 1.39 bits per heavy atom. The van der Waals surface area contributed by atoms with Gasteiger partial charge in [0.1, 0.15) is 12.7 Å². The molecule has 8 heteroatoms. The highest BCUT2D eigenvalue weighted by Gasteiger charge is 2.23. The summed E-state index contributed by atoms with van der Waals surface area (Å²) < 4.78 is 35.6. The van der Waals surface area contributed by atoms with Crippen molar-refractivity contribution in [1.29, 1.82) is 0 Å². The lowest BCUT2D eigenvalue weighted by atomic mass is 10.3. The Kier molecular flexibility index (Phi) is 7.60. The standard InChI is InChI=1S/C15H24N2O5S/c1-5-17(23(4,19)20)10-14(22-12(2)3)11-21-15(18)13-7-6-8-16-9-13/h6-9,12,14H,5,10-11H2,1-4H3/t14-/m0/s1. The number of carbonyl (C=O) groups is 1. The Morgan fingerprint density at radius 3 is 2.57 bits per heavy atom. The third-order valence-electron chi connectivity index (χ3n) is 2.99. The summed E-state index contributed by atoms with van der Waals surface area (Å²) in [5, 5.41) is 0. The lowest BCUT2D eigenvalue weighted by Gasteiger charge is -2.26. The predicted molar refractivity (Wildman–Crippen MR) is 86.6 cm³/mol. The molecule has 23 heavy (non-hydrogen) atoms. The Balaban J connectivity index is 2.69. The highest BCUT2D eigenvalue weighted by molar-refractivity contribution is 7.88. The van der Waals surface area contributed by atoms with Crippen molar-refractivity contribution in [3.63, 3.8) is 0 Å². The minimum atomic E-state index is -3.33. The molecule has 0 spiro atoms. The van der Waals surface area contributed by atoms with Gasteiger partial charge in [0.15, 0.2) is 0 Å². The Hall–Kier alpha value is -1.51. The number of hydrogen-bond acceptors (Lipinski definition) is 6. The lowest BCUT2D eigenvalue weighted by Crippen LogP contribution is -2.41. The van der Waals surface area contributed by atoms with Crippen LogP contribution in [-0.4, -0.2) is 61.8 Å². The monoisotopic (exact) mass is 344 g/mol. The van der Waals surface area contributed by atoms with Gasteiger partial charge in [0.25, 0.3) is 0 Å². The van der Waals surface area contributed by atoms with E-state index in [1.165, 1.54) is 10.5 Å². The Bertz CT molecular complexity index is 589. The van der Waals surface area contributed by atoms with Gasteiger partial charge in [-0.2, -0.15) is 4.31 Å². The molecule has 1 rings (SSSR count). The van der Waals surface area contributed by atoms with E-state index in [2.05, 4.69) is 4.98 Å². The normalized spacial score (nSPS) is 13.3. The molecule has 0 saturated heterocycles. The molecule has 0 aliphatic rings. The molecule has 130 valence electrons. The third kappa shape index (κ3) is 7.06. The molecule has 1 aromatic heterocycles. The van der Waals surface area contributed by atoms with Gasteiger partial charge in [0, 0.05) is 25.5 Å². The number of aromatic nitrogens is 1. The zero-order chi connectivity index (χ0) is 17.5. The predicted octanol–water partition coefficient (Wildman–Crippen LogP) is 1.31. The minimum absolute atomic E-state index is 0.0298. The summed E-state index contributed by atoms with van der Waals surface area (Å²) in [6.45, 7) is 5.85. The van der Waals surface area contributed by atoms with Gasteiger partial charge in [-0.15, -0.1) is 0 Å². The molecule has 0 radical (unpaired) electrons. The third-order valence-corrected chi connectivity index (χ3v) is 4.34. The minimum Gasteiger partial charge on any atom is -0.459 e. The second kappa shape index (κ2) is 8.95. The Morgan fingerprint density at radius 2 is 2.09 bits per heavy atom. The van der Waals surface area contributed by atoms with Crippen LogP contribution >= 0.6 is 0 Å². The number of rotatable bonds is 9. The molecule has 0 aliphatic heterocycles. The summed E-state index contributed by atoms with van der Waals surface area (Å²) in [5.41, 5.74) is 0.339. The number of hydrogen-bond donors (Lipinski definition) is 0. The number of ether oxygens (including phenoxy) is 2. The van der Waals surface area contributed by atoms with Crippen LogP contribution in [0.25, 0.3) is 0 Å². The van der Waals surface area contributed by atoms with E-state index in [4.69, 9.17) is 9.47 Å². The van der Waals surface area contributed by atoms with Crippen LogP contribution in [0.3, 0.4) is 0 Å². The smallest absolute Gasteiger partial charge is 0.339 e. The van der Waals surface area contributed by atoms with E-state index in [9.17, 15) is 13.2 Å². The maximum absolute atomic E-state index is 11.9. The van der Waals surface area contributed by atoms with Crippen LogP contribution in [0.4, 0.5) is 0 Å². The molecule has 0 unspecified atom stereocenters. The number of pyridine rings is 1. The molecule has 0 aliphatic carbocycles. The number of sulfonamides is 1. The van der Waals surface area contributed by atoms with Crippen molar-refractivity contribution in [1.82, 2.24) is 9.29 Å². The number of likely N-dealkylation sites (N-methyl/N-ethyl adjacent to an activating group) is 1. The van der Waals surface area contributed by atoms with Crippen molar-refractivity contribution >= 4 is 16.0 Å². The maximum Gasteiger partial charge on any atom is 0.339 e. The van der Waals surface area contributed by atoms with Crippen LogP contribution < -0.4 is 0 Å². The van der Waals surface area contributed by atoms with Crippen LogP contribution in [0.2, 0.25) is 0 Å². The molecule has 1 aromatic rings. The van der Waals surface area contributed by atoms with Crippen molar-refractivity contribution in [2.75, 3.05) is 26.0 Å². The van der Waals surface area contributed by atoms with E-state index in [1.54, 1.807) is 25.3 Å². The molecule has 0 N–H and O–H groups in total. The molecule has 0 fully saturated rings. The van der Waals surface area contributed by atoms with Crippen LogP contribution in [0.1, 0.15) is 31.1 Å². The van der Waals surface area contributed by atoms with Crippen molar-refractivity contribution in [2.45, 2.75) is 33.0 Å². The summed E-state index contributed by atoms with van der Waals surface area (Å²) >= 11 is 0. The van der Waals surface area contributed by atoms with Crippen molar-refractivity contribution in [2.24, 2.45) is 0 Å². The van der Waals surface area contributed by atoms with E-state index in [0.29, 0.717) is 12.1 Å². The quantitative estimate of drug-likeness (QED) is 0.628. The maximum atomic E-state index is 11.9. The van der Waals surface area contributed by atoms with Crippen molar-refractivity contribution < 1.29 is 22.7 Å². The van der Waals surface area contributed by atoms with Gasteiger partial charge >= 0.3 is 5.97 Å². The fourth-order valence-electron chi connectivity index (χ4n) is 1.98. The van der Waals surface area contributed by atoms with E-state index in [0.717, 1.165) is 6.26 Å². The van der Waals surface area contributed by atoms with E-state index < -0.39 is 22.1 Å². The van der Waals surface area contributed by atoms with Crippen LogP contribution in [0.5, 0.6) is 0 Å². The summed E-state index contributed by atoms with van der Waals surface area (Å²) in [4.78, 5) is 15.8.